The second kappa shape index (κ2) is 11.4. The van der Waals surface area contributed by atoms with E-state index in [-0.39, 0.29) is 18.7 Å². The highest BCUT2D eigenvalue weighted by atomic mass is 16.6. The standard InChI is InChI=1S/C23H33N3O5/c1-23(2,3)31-22(30)24-13-9-5-4-6-12-20(27)26-19(21(28)29)14-16-15-25-18-11-8-7-10-17(16)18/h7-8,10-11,15,19,25H,4-6,9,12-14H2,1-3H3,(H,24,30)(H,26,27)(H,28,29). The van der Waals surface area contributed by atoms with Crippen LogP contribution in [0.5, 0.6) is 0 Å². The number of hydrogen-bond acceptors (Lipinski definition) is 4. The van der Waals surface area contributed by atoms with Crippen LogP contribution in [-0.4, -0.2) is 46.2 Å². The van der Waals surface area contributed by atoms with Crippen molar-refractivity contribution < 1.29 is 24.2 Å². The maximum Gasteiger partial charge on any atom is 0.407 e. The fourth-order valence-corrected chi connectivity index (χ4v) is 3.26. The Labute approximate surface area is 182 Å². The monoisotopic (exact) mass is 431 g/mol. The lowest BCUT2D eigenvalue weighted by atomic mass is 10.0. The Morgan fingerprint density at radius 3 is 2.52 bits per heavy atom. The summed E-state index contributed by atoms with van der Waals surface area (Å²) in [6.07, 6.45) is 5.00. The van der Waals surface area contributed by atoms with Crippen molar-refractivity contribution in [3.8, 4) is 0 Å². The number of aromatic nitrogens is 1. The molecular formula is C23H33N3O5. The molecule has 0 aliphatic rings. The summed E-state index contributed by atoms with van der Waals surface area (Å²) in [5.41, 5.74) is 1.29. The summed E-state index contributed by atoms with van der Waals surface area (Å²) in [4.78, 5) is 38.5. The van der Waals surface area contributed by atoms with Gasteiger partial charge in [0.05, 0.1) is 0 Å². The Balaban J connectivity index is 1.66. The Morgan fingerprint density at radius 1 is 1.10 bits per heavy atom. The SMILES string of the molecule is CC(C)(C)OC(=O)NCCCCCCC(=O)NC(Cc1c[nH]c2ccccc12)C(=O)O. The van der Waals surface area contributed by atoms with Crippen LogP contribution < -0.4 is 10.6 Å². The molecule has 0 aliphatic carbocycles. The number of aromatic amines is 1. The average molecular weight is 432 g/mol. The third kappa shape index (κ3) is 8.70. The first kappa shape index (κ1) is 24.2. The molecule has 1 aromatic heterocycles. The molecule has 170 valence electrons. The molecule has 4 N–H and O–H groups in total. The molecule has 1 atom stereocenters. The number of carboxylic acid groups (broad SMARTS) is 1. The lowest BCUT2D eigenvalue weighted by Crippen LogP contribution is -2.42. The molecule has 0 aliphatic heterocycles. The van der Waals surface area contributed by atoms with Gasteiger partial charge in [0.25, 0.3) is 0 Å². The number of nitrogens with one attached hydrogen (secondary N) is 3. The minimum Gasteiger partial charge on any atom is -0.480 e. The number of carboxylic acids is 1. The van der Waals surface area contributed by atoms with E-state index in [0.29, 0.717) is 13.0 Å². The Kier molecular flexibility index (Phi) is 8.90. The number of ether oxygens (including phenoxy) is 1. The van der Waals surface area contributed by atoms with Gasteiger partial charge in [0.15, 0.2) is 0 Å². The van der Waals surface area contributed by atoms with Gasteiger partial charge in [-0.2, -0.15) is 0 Å². The number of amides is 2. The number of unbranched alkanes of at least 4 members (excludes halogenated alkanes) is 3. The average Bonchev–Trinajstić information content (AvgIpc) is 3.08. The van der Waals surface area contributed by atoms with Crippen LogP contribution in [0, 0.1) is 0 Å². The van der Waals surface area contributed by atoms with Crippen molar-refractivity contribution >= 4 is 28.9 Å². The van der Waals surface area contributed by atoms with Crippen LogP contribution in [0.3, 0.4) is 0 Å². The largest absolute Gasteiger partial charge is 0.480 e. The minimum atomic E-state index is -1.05. The van der Waals surface area contributed by atoms with E-state index in [2.05, 4.69) is 15.6 Å². The van der Waals surface area contributed by atoms with Crippen molar-refractivity contribution in [2.24, 2.45) is 0 Å². The lowest BCUT2D eigenvalue weighted by molar-refractivity contribution is -0.141. The molecule has 2 rings (SSSR count). The topological polar surface area (TPSA) is 121 Å². The predicted molar refractivity (Wildman–Crippen MR) is 119 cm³/mol. The number of alkyl carbamates (subject to hydrolysis) is 1. The van der Waals surface area contributed by atoms with Gasteiger partial charge < -0.3 is 25.5 Å². The van der Waals surface area contributed by atoms with Crippen LogP contribution in [0.4, 0.5) is 4.79 Å². The van der Waals surface area contributed by atoms with Gasteiger partial charge in [-0.05, 0) is 45.2 Å². The number of carbonyl (C=O) groups is 3. The fraction of sp³-hybridized carbons (Fsp3) is 0.522. The number of carbonyl (C=O) groups excluding carboxylic acids is 2. The molecule has 0 saturated carbocycles. The van der Waals surface area contributed by atoms with E-state index in [1.807, 2.05) is 45.0 Å². The number of rotatable bonds is 11. The van der Waals surface area contributed by atoms with Gasteiger partial charge in [0.2, 0.25) is 5.91 Å². The van der Waals surface area contributed by atoms with Crippen molar-refractivity contribution in [1.82, 2.24) is 15.6 Å². The molecule has 0 radical (unpaired) electrons. The molecule has 0 spiro atoms. The quantitative estimate of drug-likeness (QED) is 0.404. The molecule has 31 heavy (non-hydrogen) atoms. The fourth-order valence-electron chi connectivity index (χ4n) is 3.26. The first-order valence-electron chi connectivity index (χ1n) is 10.7. The molecule has 2 aromatic rings. The lowest BCUT2D eigenvalue weighted by Gasteiger charge is -2.19. The zero-order chi connectivity index (χ0) is 22.9. The Morgan fingerprint density at radius 2 is 1.81 bits per heavy atom. The van der Waals surface area contributed by atoms with Gasteiger partial charge in [0, 0.05) is 36.5 Å². The number of hydrogen-bond donors (Lipinski definition) is 4. The summed E-state index contributed by atoms with van der Waals surface area (Å²) in [6.45, 7) is 5.96. The van der Waals surface area contributed by atoms with E-state index in [1.165, 1.54) is 0 Å². The van der Waals surface area contributed by atoms with Crippen molar-refractivity contribution in [3.63, 3.8) is 0 Å². The normalized spacial score (nSPS) is 12.4. The summed E-state index contributed by atoms with van der Waals surface area (Å²) < 4.78 is 5.16. The molecule has 0 bridgehead atoms. The first-order chi connectivity index (χ1) is 14.7. The van der Waals surface area contributed by atoms with E-state index in [1.54, 1.807) is 6.20 Å². The smallest absolute Gasteiger partial charge is 0.407 e. The summed E-state index contributed by atoms with van der Waals surface area (Å²) in [6, 6.07) is 6.70. The van der Waals surface area contributed by atoms with Gasteiger partial charge in [-0.15, -0.1) is 0 Å². The first-order valence-corrected chi connectivity index (χ1v) is 10.7. The number of para-hydroxylation sites is 1. The summed E-state index contributed by atoms with van der Waals surface area (Å²) >= 11 is 0. The highest BCUT2D eigenvalue weighted by Gasteiger charge is 2.21. The molecule has 8 heteroatoms. The molecule has 0 fully saturated rings. The third-order valence-electron chi connectivity index (χ3n) is 4.73. The van der Waals surface area contributed by atoms with Gasteiger partial charge in [-0.1, -0.05) is 31.0 Å². The molecule has 8 nitrogen and oxygen atoms in total. The number of benzene rings is 1. The number of fused-ring (bicyclic) bond motifs is 1. The zero-order valence-electron chi connectivity index (χ0n) is 18.5. The van der Waals surface area contributed by atoms with Gasteiger partial charge in [-0.25, -0.2) is 9.59 Å². The minimum absolute atomic E-state index is 0.224. The van der Waals surface area contributed by atoms with Crippen LogP contribution in [0.2, 0.25) is 0 Å². The van der Waals surface area contributed by atoms with Gasteiger partial charge in [-0.3, -0.25) is 4.79 Å². The van der Waals surface area contributed by atoms with Crippen molar-refractivity contribution in [1.29, 1.82) is 0 Å². The zero-order valence-corrected chi connectivity index (χ0v) is 18.5. The van der Waals surface area contributed by atoms with E-state index in [4.69, 9.17) is 4.74 Å². The highest BCUT2D eigenvalue weighted by Crippen LogP contribution is 2.19. The summed E-state index contributed by atoms with van der Waals surface area (Å²) in [5.74, 6) is -1.31. The van der Waals surface area contributed by atoms with Crippen LogP contribution in [-0.2, 0) is 20.7 Å². The van der Waals surface area contributed by atoms with Crippen LogP contribution in [0.15, 0.2) is 30.5 Å². The van der Waals surface area contributed by atoms with E-state index < -0.39 is 23.7 Å². The predicted octanol–water partition coefficient (Wildman–Crippen LogP) is 3.76. The van der Waals surface area contributed by atoms with Crippen molar-refractivity contribution in [3.05, 3.63) is 36.0 Å². The molecule has 2 amide bonds. The second-order valence-electron chi connectivity index (χ2n) is 8.61. The number of H-pyrrole nitrogens is 1. The number of aliphatic carboxylic acids is 1. The summed E-state index contributed by atoms with van der Waals surface area (Å²) in [7, 11) is 0. The third-order valence-corrected chi connectivity index (χ3v) is 4.73. The Hall–Kier alpha value is -3.03. The summed E-state index contributed by atoms with van der Waals surface area (Å²) in [5, 5.41) is 15.8. The highest BCUT2D eigenvalue weighted by molar-refractivity contribution is 5.86. The van der Waals surface area contributed by atoms with E-state index in [0.717, 1.165) is 35.7 Å². The maximum atomic E-state index is 12.2. The van der Waals surface area contributed by atoms with E-state index >= 15 is 0 Å². The van der Waals surface area contributed by atoms with Crippen molar-refractivity contribution in [2.75, 3.05) is 6.54 Å². The molecule has 1 heterocycles. The van der Waals surface area contributed by atoms with Gasteiger partial charge >= 0.3 is 12.1 Å². The molecule has 1 unspecified atom stereocenters. The van der Waals surface area contributed by atoms with Gasteiger partial charge in [0.1, 0.15) is 11.6 Å². The van der Waals surface area contributed by atoms with E-state index in [9.17, 15) is 19.5 Å². The van der Waals surface area contributed by atoms with Crippen LogP contribution in [0.1, 0.15) is 58.4 Å². The molecule has 0 saturated heterocycles. The maximum absolute atomic E-state index is 12.2. The molecule has 1 aromatic carbocycles. The second-order valence-corrected chi connectivity index (χ2v) is 8.61. The van der Waals surface area contributed by atoms with Crippen molar-refractivity contribution in [2.45, 2.75) is 70.9 Å². The van der Waals surface area contributed by atoms with Crippen LogP contribution in [0.25, 0.3) is 10.9 Å². The Bertz CT molecular complexity index is 885. The molecular weight excluding hydrogens is 398 g/mol. The van der Waals surface area contributed by atoms with Crippen LogP contribution >= 0.6 is 0 Å².